The molecule has 0 aliphatic carbocycles. The molecule has 1 atom stereocenters. The van der Waals surface area contributed by atoms with Gasteiger partial charge in [0.05, 0.1) is 10.9 Å². The van der Waals surface area contributed by atoms with E-state index in [1.807, 2.05) is 55.7 Å². The molecule has 2 aromatic rings. The number of carbonyl (C=O) groups is 1. The van der Waals surface area contributed by atoms with E-state index in [0.717, 1.165) is 10.4 Å². The Bertz CT molecular complexity index is 538. The lowest BCUT2D eigenvalue weighted by Crippen LogP contribution is -2.29. The summed E-state index contributed by atoms with van der Waals surface area (Å²) in [6.45, 7) is 2.00. The van der Waals surface area contributed by atoms with Gasteiger partial charge in [0, 0.05) is 12.1 Å². The summed E-state index contributed by atoms with van der Waals surface area (Å²) >= 11 is 7.43. The quantitative estimate of drug-likeness (QED) is 0.823. The number of nitrogens with zero attached hydrogens (tertiary/aromatic N) is 1. The molecule has 18 heavy (non-hydrogen) atoms. The summed E-state index contributed by atoms with van der Waals surface area (Å²) in [5.41, 5.74) is 1.04. The molecule has 0 bridgehead atoms. The first-order valence-corrected chi connectivity index (χ1v) is 6.91. The van der Waals surface area contributed by atoms with Crippen LogP contribution in [0.2, 0.25) is 5.02 Å². The first-order valence-electron chi connectivity index (χ1n) is 5.65. The second-order valence-electron chi connectivity index (χ2n) is 4.12. The third-order valence-corrected chi connectivity index (χ3v) is 4.06. The van der Waals surface area contributed by atoms with Crippen molar-refractivity contribution in [2.24, 2.45) is 0 Å². The van der Waals surface area contributed by atoms with Crippen molar-refractivity contribution in [2.75, 3.05) is 7.05 Å². The van der Waals surface area contributed by atoms with E-state index < -0.39 is 0 Å². The summed E-state index contributed by atoms with van der Waals surface area (Å²) in [5, 5.41) is 2.60. The third-order valence-electron chi connectivity index (χ3n) is 2.96. The summed E-state index contributed by atoms with van der Waals surface area (Å²) < 4.78 is 0. The lowest BCUT2D eigenvalue weighted by atomic mass is 10.1. The maximum atomic E-state index is 12.2. The summed E-state index contributed by atoms with van der Waals surface area (Å²) in [7, 11) is 1.81. The zero-order valence-corrected chi connectivity index (χ0v) is 11.8. The van der Waals surface area contributed by atoms with Crippen LogP contribution in [0, 0.1) is 0 Å². The Morgan fingerprint density at radius 1 is 1.33 bits per heavy atom. The van der Waals surface area contributed by atoms with Gasteiger partial charge in [-0.15, -0.1) is 11.3 Å². The van der Waals surface area contributed by atoms with Crippen molar-refractivity contribution in [3.05, 3.63) is 57.2 Å². The number of rotatable bonds is 3. The molecule has 0 saturated heterocycles. The Balaban J connectivity index is 2.18. The summed E-state index contributed by atoms with van der Waals surface area (Å²) in [4.78, 5) is 14.7. The highest BCUT2D eigenvalue weighted by Gasteiger charge is 2.19. The molecule has 1 heterocycles. The van der Waals surface area contributed by atoms with E-state index in [2.05, 4.69) is 0 Å². The van der Waals surface area contributed by atoms with Crippen LogP contribution in [-0.4, -0.2) is 17.9 Å². The zero-order chi connectivity index (χ0) is 13.1. The molecule has 1 unspecified atom stereocenters. The van der Waals surface area contributed by atoms with E-state index >= 15 is 0 Å². The monoisotopic (exact) mass is 279 g/mol. The number of benzene rings is 1. The summed E-state index contributed by atoms with van der Waals surface area (Å²) in [6.07, 6.45) is 0. The fourth-order valence-electron chi connectivity index (χ4n) is 1.74. The average Bonchev–Trinajstić information content (AvgIpc) is 2.90. The van der Waals surface area contributed by atoms with Gasteiger partial charge >= 0.3 is 0 Å². The van der Waals surface area contributed by atoms with Crippen molar-refractivity contribution in [1.29, 1.82) is 0 Å². The molecule has 1 aromatic carbocycles. The van der Waals surface area contributed by atoms with Gasteiger partial charge < -0.3 is 4.90 Å². The molecule has 0 radical (unpaired) electrons. The Morgan fingerprint density at radius 2 is 2.11 bits per heavy atom. The molecular weight excluding hydrogens is 266 g/mol. The number of thiophene rings is 1. The molecule has 1 aromatic heterocycles. The highest BCUT2D eigenvalue weighted by atomic mass is 35.5. The summed E-state index contributed by atoms with van der Waals surface area (Å²) in [6, 6.07) is 11.3. The molecule has 2 nitrogen and oxygen atoms in total. The van der Waals surface area contributed by atoms with Gasteiger partial charge in [-0.05, 0) is 36.1 Å². The van der Waals surface area contributed by atoms with Gasteiger partial charge in [0.25, 0.3) is 5.91 Å². The normalized spacial score (nSPS) is 12.2. The fraction of sp³-hybridized carbons (Fsp3) is 0.214. The van der Waals surface area contributed by atoms with Gasteiger partial charge in [-0.2, -0.15) is 0 Å². The second-order valence-corrected chi connectivity index (χ2v) is 5.51. The zero-order valence-electron chi connectivity index (χ0n) is 10.3. The van der Waals surface area contributed by atoms with Crippen LogP contribution in [-0.2, 0) is 0 Å². The SMILES string of the molecule is CC(c1cccc(Cl)c1)N(C)C(=O)c1cccs1. The van der Waals surface area contributed by atoms with Crippen molar-refractivity contribution in [3.63, 3.8) is 0 Å². The highest BCUT2D eigenvalue weighted by Crippen LogP contribution is 2.24. The number of hydrogen-bond acceptors (Lipinski definition) is 2. The largest absolute Gasteiger partial charge is 0.334 e. The van der Waals surface area contributed by atoms with E-state index in [1.165, 1.54) is 11.3 Å². The first-order chi connectivity index (χ1) is 8.59. The van der Waals surface area contributed by atoms with Crippen LogP contribution in [0.15, 0.2) is 41.8 Å². The van der Waals surface area contributed by atoms with Gasteiger partial charge in [0.15, 0.2) is 0 Å². The van der Waals surface area contributed by atoms with Crippen molar-refractivity contribution >= 4 is 28.8 Å². The van der Waals surface area contributed by atoms with Crippen LogP contribution in [0.3, 0.4) is 0 Å². The van der Waals surface area contributed by atoms with Crippen molar-refractivity contribution in [2.45, 2.75) is 13.0 Å². The Kier molecular flexibility index (Phi) is 4.04. The van der Waals surface area contributed by atoms with E-state index in [1.54, 1.807) is 4.90 Å². The topological polar surface area (TPSA) is 20.3 Å². The first kappa shape index (κ1) is 13.1. The Labute approximate surface area is 116 Å². The molecule has 0 saturated carbocycles. The van der Waals surface area contributed by atoms with Crippen LogP contribution in [0.5, 0.6) is 0 Å². The van der Waals surface area contributed by atoms with E-state index in [-0.39, 0.29) is 11.9 Å². The van der Waals surface area contributed by atoms with Gasteiger partial charge in [-0.3, -0.25) is 4.79 Å². The molecule has 4 heteroatoms. The second kappa shape index (κ2) is 5.55. The molecule has 2 rings (SSSR count). The minimum absolute atomic E-state index is 0.00157. The standard InChI is InChI=1S/C14H14ClNOS/c1-10(11-5-3-6-12(15)9-11)16(2)14(17)13-7-4-8-18-13/h3-10H,1-2H3. The maximum absolute atomic E-state index is 12.2. The van der Waals surface area contributed by atoms with Gasteiger partial charge in [0.2, 0.25) is 0 Å². The van der Waals surface area contributed by atoms with Gasteiger partial charge in [-0.25, -0.2) is 0 Å². The van der Waals surface area contributed by atoms with Crippen LogP contribution >= 0.6 is 22.9 Å². The van der Waals surface area contributed by atoms with Crippen LogP contribution < -0.4 is 0 Å². The molecule has 1 amide bonds. The van der Waals surface area contributed by atoms with Crippen molar-refractivity contribution < 1.29 is 4.79 Å². The van der Waals surface area contributed by atoms with Crippen LogP contribution in [0.25, 0.3) is 0 Å². The third kappa shape index (κ3) is 2.74. The van der Waals surface area contributed by atoms with Crippen molar-refractivity contribution in [1.82, 2.24) is 4.90 Å². The number of carbonyl (C=O) groups excluding carboxylic acids is 1. The number of hydrogen-bond donors (Lipinski definition) is 0. The average molecular weight is 280 g/mol. The Morgan fingerprint density at radius 3 is 2.72 bits per heavy atom. The van der Waals surface area contributed by atoms with E-state index in [9.17, 15) is 4.79 Å². The number of amides is 1. The van der Waals surface area contributed by atoms with Crippen LogP contribution in [0.1, 0.15) is 28.2 Å². The molecule has 0 aliphatic heterocycles. The van der Waals surface area contributed by atoms with E-state index in [0.29, 0.717) is 5.02 Å². The Hall–Kier alpha value is -1.32. The maximum Gasteiger partial charge on any atom is 0.264 e. The van der Waals surface area contributed by atoms with Crippen LogP contribution in [0.4, 0.5) is 0 Å². The van der Waals surface area contributed by atoms with E-state index in [4.69, 9.17) is 11.6 Å². The molecule has 0 aliphatic rings. The fourth-order valence-corrected chi connectivity index (χ4v) is 2.64. The minimum atomic E-state index is -0.00157. The lowest BCUT2D eigenvalue weighted by Gasteiger charge is -2.25. The predicted octanol–water partition coefficient (Wildman–Crippen LogP) is 4.23. The van der Waals surface area contributed by atoms with Gasteiger partial charge in [0.1, 0.15) is 0 Å². The highest BCUT2D eigenvalue weighted by molar-refractivity contribution is 7.12. The molecule has 94 valence electrons. The molecule has 0 N–H and O–H groups in total. The van der Waals surface area contributed by atoms with Crippen molar-refractivity contribution in [3.8, 4) is 0 Å². The lowest BCUT2D eigenvalue weighted by molar-refractivity contribution is 0.0747. The molecule has 0 fully saturated rings. The minimum Gasteiger partial charge on any atom is -0.334 e. The predicted molar refractivity (Wildman–Crippen MR) is 76.3 cm³/mol. The molecule has 0 spiro atoms. The smallest absolute Gasteiger partial charge is 0.264 e. The molecular formula is C14H14ClNOS. The summed E-state index contributed by atoms with van der Waals surface area (Å²) in [5.74, 6) is 0.0393. The number of halogens is 1. The van der Waals surface area contributed by atoms with Gasteiger partial charge in [-0.1, -0.05) is 29.8 Å².